The molecule has 2 aromatic heterocycles. The molecule has 7 nitrogen and oxygen atoms in total. The van der Waals surface area contributed by atoms with Crippen LogP contribution in [0, 0.1) is 5.82 Å². The third-order valence-corrected chi connectivity index (χ3v) is 8.12. The lowest BCUT2D eigenvalue weighted by Crippen LogP contribution is -2.37. The van der Waals surface area contributed by atoms with Gasteiger partial charge >= 0.3 is 0 Å². The number of carbonyl (C=O) groups excluding carboxylic acids is 1. The summed E-state index contributed by atoms with van der Waals surface area (Å²) in [4.78, 5) is 14.7. The van der Waals surface area contributed by atoms with Gasteiger partial charge in [0, 0.05) is 32.4 Å². The van der Waals surface area contributed by atoms with Crippen LogP contribution in [0.2, 0.25) is 0 Å². The Morgan fingerprint density at radius 2 is 1.78 bits per heavy atom. The van der Waals surface area contributed by atoms with Gasteiger partial charge in [0.25, 0.3) is 5.91 Å². The normalized spacial score (nSPS) is 15.8. The Bertz CT molecular complexity index is 1210. The van der Waals surface area contributed by atoms with Crippen LogP contribution in [0.25, 0.3) is 5.52 Å². The van der Waals surface area contributed by atoms with E-state index in [9.17, 15) is 17.6 Å². The summed E-state index contributed by atoms with van der Waals surface area (Å²) < 4.78 is 42.1. The van der Waals surface area contributed by atoms with Crippen molar-refractivity contribution in [2.45, 2.75) is 37.5 Å². The van der Waals surface area contributed by atoms with Crippen LogP contribution in [0.4, 0.5) is 4.39 Å². The van der Waals surface area contributed by atoms with Crippen molar-refractivity contribution in [2.75, 3.05) is 26.2 Å². The smallest absolute Gasteiger partial charge is 0.257 e. The topological polar surface area (TPSA) is 75.0 Å². The monoisotopic (exact) mass is 458 g/mol. The number of amides is 1. The van der Waals surface area contributed by atoms with Crippen molar-refractivity contribution in [1.82, 2.24) is 18.8 Å². The molecule has 3 heterocycles. The van der Waals surface area contributed by atoms with Crippen molar-refractivity contribution in [3.05, 3.63) is 65.7 Å². The van der Waals surface area contributed by atoms with Gasteiger partial charge in [0.15, 0.2) is 0 Å². The number of sulfonamides is 1. The Balaban J connectivity index is 1.52. The Labute approximate surface area is 187 Å². The summed E-state index contributed by atoms with van der Waals surface area (Å²) in [6.45, 7) is 5.94. The van der Waals surface area contributed by atoms with E-state index in [0.717, 1.165) is 23.2 Å². The minimum Gasteiger partial charge on any atom is -0.339 e. The highest BCUT2D eigenvalue weighted by atomic mass is 32.2. The molecule has 4 rings (SSSR count). The first-order valence-electron chi connectivity index (χ1n) is 10.9. The Morgan fingerprint density at radius 3 is 2.41 bits per heavy atom. The fourth-order valence-corrected chi connectivity index (χ4v) is 5.75. The van der Waals surface area contributed by atoms with Crippen molar-refractivity contribution in [2.24, 2.45) is 0 Å². The lowest BCUT2D eigenvalue weighted by atomic mass is 9.90. The first-order valence-corrected chi connectivity index (χ1v) is 12.3. The van der Waals surface area contributed by atoms with Crippen LogP contribution in [0.5, 0.6) is 0 Å². The second-order valence-corrected chi connectivity index (χ2v) is 9.90. The second-order valence-electron chi connectivity index (χ2n) is 7.96. The molecule has 9 heteroatoms. The largest absolute Gasteiger partial charge is 0.339 e. The van der Waals surface area contributed by atoms with Gasteiger partial charge in [-0.15, -0.1) is 0 Å². The number of benzene rings is 1. The number of aromatic nitrogens is 2. The minimum absolute atomic E-state index is 0.0395. The minimum atomic E-state index is -3.64. The van der Waals surface area contributed by atoms with Gasteiger partial charge < -0.3 is 4.90 Å². The number of pyridine rings is 1. The molecular weight excluding hydrogens is 431 g/mol. The molecule has 0 unspecified atom stereocenters. The number of carbonyl (C=O) groups is 1. The number of hydrogen-bond acceptors (Lipinski definition) is 4. The molecule has 32 heavy (non-hydrogen) atoms. The van der Waals surface area contributed by atoms with E-state index in [-0.39, 0.29) is 16.7 Å². The van der Waals surface area contributed by atoms with E-state index in [1.807, 2.05) is 32.2 Å². The van der Waals surface area contributed by atoms with E-state index in [1.165, 1.54) is 16.4 Å². The van der Waals surface area contributed by atoms with Gasteiger partial charge in [-0.2, -0.15) is 9.40 Å². The van der Waals surface area contributed by atoms with Gasteiger partial charge in [0.1, 0.15) is 5.82 Å². The van der Waals surface area contributed by atoms with Crippen molar-refractivity contribution < 1.29 is 17.6 Å². The zero-order valence-corrected chi connectivity index (χ0v) is 19.1. The van der Waals surface area contributed by atoms with Crippen molar-refractivity contribution in [1.29, 1.82) is 0 Å². The van der Waals surface area contributed by atoms with Gasteiger partial charge in [-0.25, -0.2) is 17.3 Å². The van der Waals surface area contributed by atoms with E-state index in [4.69, 9.17) is 0 Å². The average Bonchev–Trinajstić information content (AvgIpc) is 3.23. The maximum atomic E-state index is 13.2. The number of fused-ring (bicyclic) bond motifs is 1. The summed E-state index contributed by atoms with van der Waals surface area (Å²) in [7, 11) is -3.64. The summed E-state index contributed by atoms with van der Waals surface area (Å²) in [5, 5.41) is 4.32. The molecule has 170 valence electrons. The highest BCUT2D eigenvalue weighted by Gasteiger charge is 2.30. The van der Waals surface area contributed by atoms with Crippen LogP contribution < -0.4 is 0 Å². The van der Waals surface area contributed by atoms with Crippen LogP contribution in [0.3, 0.4) is 0 Å². The molecule has 0 saturated carbocycles. The summed E-state index contributed by atoms with van der Waals surface area (Å²) in [6.07, 6.45) is 4.80. The first-order chi connectivity index (χ1) is 15.3. The SMILES string of the molecule is CCN(CC)C(=O)c1cnn2ccc(C3CCN(S(=O)(=O)c4ccc(F)cc4)CC3)cc12. The molecule has 0 radical (unpaired) electrons. The van der Waals surface area contributed by atoms with Gasteiger partial charge in [-0.1, -0.05) is 0 Å². The Morgan fingerprint density at radius 1 is 1.12 bits per heavy atom. The van der Waals surface area contributed by atoms with E-state index in [0.29, 0.717) is 44.6 Å². The lowest BCUT2D eigenvalue weighted by Gasteiger charge is -2.31. The van der Waals surface area contributed by atoms with Gasteiger partial charge in [-0.3, -0.25) is 4.79 Å². The van der Waals surface area contributed by atoms with Crippen molar-refractivity contribution in [3.63, 3.8) is 0 Å². The third-order valence-electron chi connectivity index (χ3n) is 6.20. The molecule has 0 bridgehead atoms. The molecule has 3 aromatic rings. The van der Waals surface area contributed by atoms with Crippen molar-refractivity contribution in [3.8, 4) is 0 Å². The molecule has 1 fully saturated rings. The maximum Gasteiger partial charge on any atom is 0.257 e. The van der Waals surface area contributed by atoms with Crippen LogP contribution in [-0.4, -0.2) is 59.3 Å². The van der Waals surface area contributed by atoms with Crippen molar-refractivity contribution >= 4 is 21.4 Å². The van der Waals surface area contributed by atoms with Gasteiger partial charge in [0.05, 0.1) is 22.2 Å². The predicted octanol–water partition coefficient (Wildman–Crippen LogP) is 3.52. The average molecular weight is 459 g/mol. The quantitative estimate of drug-likeness (QED) is 0.566. The standard InChI is InChI=1S/C23H27FN4O3S/c1-3-26(4-2)23(29)21-16-25-28-14-11-18(15-22(21)28)17-9-12-27(13-10-17)32(30,31)20-7-5-19(24)6-8-20/h5-8,11,14-17H,3-4,9-10,12-13H2,1-2H3. The molecule has 1 amide bonds. The molecule has 1 aliphatic rings. The molecule has 1 saturated heterocycles. The fourth-order valence-electron chi connectivity index (χ4n) is 4.28. The van der Waals surface area contributed by atoms with E-state index in [2.05, 4.69) is 5.10 Å². The van der Waals surface area contributed by atoms with Crippen LogP contribution in [0.1, 0.15) is 48.5 Å². The summed E-state index contributed by atoms with van der Waals surface area (Å²) in [5.41, 5.74) is 2.41. The molecule has 0 N–H and O–H groups in total. The van der Waals surface area contributed by atoms with E-state index < -0.39 is 15.8 Å². The molecule has 1 aliphatic heterocycles. The lowest BCUT2D eigenvalue weighted by molar-refractivity contribution is 0.0775. The van der Waals surface area contributed by atoms with E-state index in [1.54, 1.807) is 15.6 Å². The summed E-state index contributed by atoms with van der Waals surface area (Å²) in [6, 6.07) is 8.92. The summed E-state index contributed by atoms with van der Waals surface area (Å²) in [5.74, 6) is -0.315. The molecule has 0 spiro atoms. The zero-order valence-electron chi connectivity index (χ0n) is 18.2. The molecule has 1 aromatic carbocycles. The molecular formula is C23H27FN4O3S. The van der Waals surface area contributed by atoms with Gasteiger partial charge in [0.2, 0.25) is 10.0 Å². The van der Waals surface area contributed by atoms with Gasteiger partial charge in [-0.05, 0) is 74.6 Å². The number of nitrogens with zero attached hydrogens (tertiary/aromatic N) is 4. The molecule has 0 aliphatic carbocycles. The Hall–Kier alpha value is -2.78. The number of piperidine rings is 1. The van der Waals surface area contributed by atoms with E-state index >= 15 is 0 Å². The molecule has 0 atom stereocenters. The summed E-state index contributed by atoms with van der Waals surface area (Å²) >= 11 is 0. The van der Waals surface area contributed by atoms with Crippen LogP contribution >= 0.6 is 0 Å². The highest BCUT2D eigenvalue weighted by molar-refractivity contribution is 7.89. The number of rotatable bonds is 6. The zero-order chi connectivity index (χ0) is 22.9. The number of halogens is 1. The second kappa shape index (κ2) is 8.99. The van der Waals surface area contributed by atoms with Crippen LogP contribution in [-0.2, 0) is 10.0 Å². The fraction of sp³-hybridized carbons (Fsp3) is 0.391. The Kier molecular flexibility index (Phi) is 6.30. The first kappa shape index (κ1) is 22.4. The highest BCUT2D eigenvalue weighted by Crippen LogP contribution is 2.32. The van der Waals surface area contributed by atoms with Crippen LogP contribution in [0.15, 0.2) is 53.7 Å². The third kappa shape index (κ3) is 4.14. The number of hydrogen-bond donors (Lipinski definition) is 0. The maximum absolute atomic E-state index is 13.2. The predicted molar refractivity (Wildman–Crippen MR) is 120 cm³/mol.